The standard InChI is InChI=1S/C31H33F2N5O2S2/c1-42-27-5-2-4-26(20-27)38-30(40)28(21-29(39)34-24-10-6-22(32)7-11-24)37(31(38)41)15-3-14-35-16-18-36(19-17-35)25-12-8-23(33)9-13-25/h2,4-13,20,28H,3,14-19,21H2,1H3,(H,34,39)/t28-/m0/s1. The summed E-state index contributed by atoms with van der Waals surface area (Å²) in [6.45, 7) is 4.78. The summed E-state index contributed by atoms with van der Waals surface area (Å²) in [5.41, 5.74) is 2.16. The lowest BCUT2D eigenvalue weighted by Gasteiger charge is -2.36. The molecule has 5 rings (SSSR count). The maximum Gasteiger partial charge on any atom is 0.256 e. The van der Waals surface area contributed by atoms with Gasteiger partial charge in [0.1, 0.15) is 17.7 Å². The molecule has 220 valence electrons. The smallest absolute Gasteiger partial charge is 0.256 e. The monoisotopic (exact) mass is 609 g/mol. The molecule has 0 radical (unpaired) electrons. The summed E-state index contributed by atoms with van der Waals surface area (Å²) < 4.78 is 26.6. The van der Waals surface area contributed by atoms with E-state index in [2.05, 4.69) is 15.1 Å². The van der Waals surface area contributed by atoms with E-state index in [4.69, 9.17) is 12.2 Å². The fourth-order valence-corrected chi connectivity index (χ4v) is 6.21. The van der Waals surface area contributed by atoms with E-state index in [-0.39, 0.29) is 24.1 Å². The molecule has 0 aromatic heterocycles. The quantitative estimate of drug-likeness (QED) is 0.250. The Balaban J connectivity index is 1.23. The second kappa shape index (κ2) is 13.6. The summed E-state index contributed by atoms with van der Waals surface area (Å²) in [6, 6.07) is 19.0. The molecule has 0 unspecified atom stereocenters. The molecule has 0 aliphatic carbocycles. The minimum atomic E-state index is -0.744. The van der Waals surface area contributed by atoms with Gasteiger partial charge in [-0.05, 0) is 98.2 Å². The zero-order chi connectivity index (χ0) is 29.6. The summed E-state index contributed by atoms with van der Waals surface area (Å²) in [5.74, 6) is -1.21. The highest BCUT2D eigenvalue weighted by Gasteiger charge is 2.44. The number of thiocarbonyl (C=S) groups is 1. The van der Waals surface area contributed by atoms with Gasteiger partial charge < -0.3 is 15.1 Å². The van der Waals surface area contributed by atoms with Crippen molar-refractivity contribution in [2.24, 2.45) is 0 Å². The van der Waals surface area contributed by atoms with Gasteiger partial charge >= 0.3 is 0 Å². The average molecular weight is 610 g/mol. The molecule has 11 heteroatoms. The van der Waals surface area contributed by atoms with Crippen LogP contribution in [0, 0.1) is 11.6 Å². The van der Waals surface area contributed by atoms with Gasteiger partial charge in [0.25, 0.3) is 5.91 Å². The number of rotatable bonds is 10. The fraction of sp³-hybridized carbons (Fsp3) is 0.323. The van der Waals surface area contributed by atoms with Gasteiger partial charge in [-0.25, -0.2) is 8.78 Å². The van der Waals surface area contributed by atoms with E-state index in [9.17, 15) is 18.4 Å². The number of nitrogens with one attached hydrogen (secondary N) is 1. The third-order valence-corrected chi connectivity index (χ3v) is 8.72. The average Bonchev–Trinajstić information content (AvgIpc) is 3.23. The summed E-state index contributed by atoms with van der Waals surface area (Å²) in [4.78, 5) is 35.8. The van der Waals surface area contributed by atoms with Crippen LogP contribution in [0.15, 0.2) is 77.7 Å². The SMILES string of the molecule is CSc1cccc(N2C(=O)[C@H](CC(=O)Nc3ccc(F)cc3)N(CCCN3CCN(c4ccc(F)cc4)CC3)C2=S)c1. The maximum atomic E-state index is 13.7. The van der Waals surface area contributed by atoms with Gasteiger partial charge in [-0.3, -0.25) is 19.4 Å². The van der Waals surface area contributed by atoms with Crippen LogP contribution in [-0.4, -0.2) is 78.3 Å². The number of piperazine rings is 1. The van der Waals surface area contributed by atoms with Crippen LogP contribution >= 0.6 is 24.0 Å². The first-order chi connectivity index (χ1) is 20.3. The van der Waals surface area contributed by atoms with Crippen LogP contribution in [0.25, 0.3) is 0 Å². The van der Waals surface area contributed by atoms with Crippen molar-refractivity contribution >= 4 is 58.0 Å². The van der Waals surface area contributed by atoms with E-state index in [1.165, 1.54) is 41.3 Å². The van der Waals surface area contributed by atoms with Crippen LogP contribution in [0.2, 0.25) is 0 Å². The van der Waals surface area contributed by atoms with Gasteiger partial charge in [-0.15, -0.1) is 11.8 Å². The minimum absolute atomic E-state index is 0.0780. The number of nitrogens with zero attached hydrogens (tertiary/aromatic N) is 4. The molecule has 2 saturated heterocycles. The van der Waals surface area contributed by atoms with E-state index < -0.39 is 11.9 Å². The third-order valence-electron chi connectivity index (χ3n) is 7.57. The minimum Gasteiger partial charge on any atom is -0.369 e. The molecule has 1 N–H and O–H groups in total. The highest BCUT2D eigenvalue weighted by molar-refractivity contribution is 7.98. The number of carbonyl (C=O) groups excluding carboxylic acids is 2. The van der Waals surface area contributed by atoms with E-state index in [1.807, 2.05) is 47.6 Å². The van der Waals surface area contributed by atoms with Crippen LogP contribution in [0.5, 0.6) is 0 Å². The molecule has 0 spiro atoms. The Hall–Kier alpha value is -3.54. The van der Waals surface area contributed by atoms with Gasteiger partial charge in [0.05, 0.1) is 12.1 Å². The van der Waals surface area contributed by atoms with Crippen molar-refractivity contribution in [3.8, 4) is 0 Å². The first-order valence-corrected chi connectivity index (χ1v) is 15.5. The van der Waals surface area contributed by atoms with Crippen LogP contribution in [0.3, 0.4) is 0 Å². The highest BCUT2D eigenvalue weighted by atomic mass is 32.2. The zero-order valence-corrected chi connectivity index (χ0v) is 25.0. The van der Waals surface area contributed by atoms with Crippen LogP contribution in [0.4, 0.5) is 25.8 Å². The molecular formula is C31H33F2N5O2S2. The molecule has 1 atom stereocenters. The van der Waals surface area contributed by atoms with E-state index in [0.717, 1.165) is 49.7 Å². The van der Waals surface area contributed by atoms with E-state index in [1.54, 1.807) is 11.8 Å². The molecule has 42 heavy (non-hydrogen) atoms. The summed E-state index contributed by atoms with van der Waals surface area (Å²) in [6.07, 6.45) is 2.65. The molecule has 2 fully saturated rings. The van der Waals surface area contributed by atoms with Crippen molar-refractivity contribution in [1.29, 1.82) is 0 Å². The second-order valence-corrected chi connectivity index (χ2v) is 11.5. The topological polar surface area (TPSA) is 59.1 Å². The van der Waals surface area contributed by atoms with Crippen LogP contribution in [0.1, 0.15) is 12.8 Å². The number of benzene rings is 3. The van der Waals surface area contributed by atoms with Crippen molar-refractivity contribution in [1.82, 2.24) is 9.80 Å². The number of anilines is 3. The first-order valence-electron chi connectivity index (χ1n) is 13.9. The third kappa shape index (κ3) is 7.08. The number of hydrogen-bond donors (Lipinski definition) is 1. The van der Waals surface area contributed by atoms with Gasteiger partial charge in [0.15, 0.2) is 5.11 Å². The summed E-state index contributed by atoms with van der Waals surface area (Å²) in [5, 5.41) is 3.16. The Labute approximate surface area is 254 Å². The Morgan fingerprint density at radius 2 is 1.60 bits per heavy atom. The lowest BCUT2D eigenvalue weighted by Crippen LogP contribution is -2.47. The largest absolute Gasteiger partial charge is 0.369 e. The fourth-order valence-electron chi connectivity index (χ4n) is 5.34. The van der Waals surface area contributed by atoms with Crippen molar-refractivity contribution < 1.29 is 18.4 Å². The Morgan fingerprint density at radius 1 is 0.929 bits per heavy atom. The molecular weight excluding hydrogens is 577 g/mol. The van der Waals surface area contributed by atoms with Crippen LogP contribution in [-0.2, 0) is 9.59 Å². The molecule has 7 nitrogen and oxygen atoms in total. The van der Waals surface area contributed by atoms with Gasteiger partial charge in [-0.2, -0.15) is 0 Å². The molecule has 2 aliphatic heterocycles. The van der Waals surface area contributed by atoms with Gasteiger partial charge in [-0.1, -0.05) is 6.07 Å². The number of amides is 2. The normalized spacial score (nSPS) is 17.7. The number of thioether (sulfide) groups is 1. The zero-order valence-electron chi connectivity index (χ0n) is 23.3. The van der Waals surface area contributed by atoms with Crippen molar-refractivity contribution in [2.75, 3.05) is 60.6 Å². The Kier molecular flexibility index (Phi) is 9.71. The van der Waals surface area contributed by atoms with E-state index in [0.29, 0.717) is 23.0 Å². The molecule has 3 aromatic carbocycles. The summed E-state index contributed by atoms with van der Waals surface area (Å²) >= 11 is 7.40. The predicted octanol–water partition coefficient (Wildman–Crippen LogP) is 5.23. The number of carbonyl (C=O) groups is 2. The highest BCUT2D eigenvalue weighted by Crippen LogP contribution is 2.30. The van der Waals surface area contributed by atoms with Gasteiger partial charge in [0.2, 0.25) is 5.91 Å². The maximum absolute atomic E-state index is 13.7. The lowest BCUT2D eigenvalue weighted by molar-refractivity contribution is -0.124. The first kappa shape index (κ1) is 29.9. The Morgan fingerprint density at radius 3 is 2.26 bits per heavy atom. The lowest BCUT2D eigenvalue weighted by atomic mass is 10.1. The number of hydrogen-bond acceptors (Lipinski definition) is 6. The van der Waals surface area contributed by atoms with E-state index >= 15 is 0 Å². The van der Waals surface area contributed by atoms with Crippen molar-refractivity contribution in [2.45, 2.75) is 23.8 Å². The predicted molar refractivity (Wildman–Crippen MR) is 168 cm³/mol. The van der Waals surface area contributed by atoms with Crippen molar-refractivity contribution in [3.63, 3.8) is 0 Å². The van der Waals surface area contributed by atoms with Crippen LogP contribution < -0.4 is 15.1 Å². The molecule has 2 amide bonds. The molecule has 3 aromatic rings. The second-order valence-electron chi connectivity index (χ2n) is 10.3. The van der Waals surface area contributed by atoms with Gasteiger partial charge in [0, 0.05) is 49.0 Å². The number of halogens is 2. The molecule has 2 aliphatic rings. The van der Waals surface area contributed by atoms with Crippen molar-refractivity contribution in [3.05, 3.63) is 84.4 Å². The summed E-state index contributed by atoms with van der Waals surface area (Å²) in [7, 11) is 0. The Bertz CT molecular complexity index is 1420. The molecule has 0 saturated carbocycles. The molecule has 0 bridgehead atoms. The molecule has 2 heterocycles.